The summed E-state index contributed by atoms with van der Waals surface area (Å²) in [7, 11) is 1.50. The molecule has 4 aliphatic rings. The number of methoxy groups -OCH3 is 1. The summed E-state index contributed by atoms with van der Waals surface area (Å²) >= 11 is 0. The lowest BCUT2D eigenvalue weighted by atomic mass is 9.48. The molecule has 4 aliphatic carbocycles. The highest BCUT2D eigenvalue weighted by atomic mass is 16.5. The number of rotatable bonds is 9. The molecular formula is C27H39NO4. The van der Waals surface area contributed by atoms with Crippen LogP contribution < -0.4 is 10.1 Å². The van der Waals surface area contributed by atoms with Gasteiger partial charge in [-0.05, 0) is 87.8 Å². The Kier molecular flexibility index (Phi) is 6.56. The number of hydrogen-bond donors (Lipinski definition) is 1. The van der Waals surface area contributed by atoms with E-state index in [9.17, 15) is 9.59 Å². The quantitative estimate of drug-likeness (QED) is 0.432. The maximum atomic E-state index is 13.4. The SMILES string of the molecule is CCCCCOc1ccc(C(C)(C)C(=O)NC2C3CC4CC2CC(C(=O)OC)(C4)C3)cc1. The van der Waals surface area contributed by atoms with Crippen LogP contribution in [0.25, 0.3) is 0 Å². The summed E-state index contributed by atoms with van der Waals surface area (Å²) < 4.78 is 11.0. The van der Waals surface area contributed by atoms with Crippen molar-refractivity contribution >= 4 is 11.9 Å². The first-order valence-electron chi connectivity index (χ1n) is 12.4. The number of carbonyl (C=O) groups excluding carboxylic acids is 2. The van der Waals surface area contributed by atoms with Crippen LogP contribution in [-0.2, 0) is 19.7 Å². The summed E-state index contributed by atoms with van der Waals surface area (Å²) in [5.74, 6) is 2.23. The summed E-state index contributed by atoms with van der Waals surface area (Å²) in [6.45, 7) is 6.90. The fraction of sp³-hybridized carbons (Fsp3) is 0.704. The minimum atomic E-state index is -0.630. The molecule has 5 nitrogen and oxygen atoms in total. The van der Waals surface area contributed by atoms with Gasteiger partial charge in [0.25, 0.3) is 0 Å². The standard InChI is InChI=1S/C27H39NO4/c1-5-6-7-12-32-22-10-8-21(9-11-22)26(2,3)24(29)28-23-19-13-18-14-20(23)17-27(15-18,16-19)25(30)31-4/h8-11,18-20,23H,5-7,12-17H2,1-4H3,(H,28,29). The van der Waals surface area contributed by atoms with Crippen molar-refractivity contribution in [3.05, 3.63) is 29.8 Å². The highest BCUT2D eigenvalue weighted by Gasteiger charge is 2.59. The van der Waals surface area contributed by atoms with Gasteiger partial charge in [-0.15, -0.1) is 0 Å². The van der Waals surface area contributed by atoms with E-state index in [1.807, 2.05) is 38.1 Å². The van der Waals surface area contributed by atoms with Crippen LogP contribution in [0.2, 0.25) is 0 Å². The average Bonchev–Trinajstić information content (AvgIpc) is 2.78. The zero-order valence-corrected chi connectivity index (χ0v) is 20.1. The van der Waals surface area contributed by atoms with E-state index in [4.69, 9.17) is 9.47 Å². The third-order valence-corrected chi connectivity index (χ3v) is 8.35. The van der Waals surface area contributed by atoms with Crippen LogP contribution in [0.1, 0.15) is 77.7 Å². The van der Waals surface area contributed by atoms with Crippen molar-refractivity contribution in [3.8, 4) is 5.75 Å². The van der Waals surface area contributed by atoms with Crippen molar-refractivity contribution in [1.82, 2.24) is 5.32 Å². The van der Waals surface area contributed by atoms with E-state index >= 15 is 0 Å². The van der Waals surface area contributed by atoms with Gasteiger partial charge in [-0.1, -0.05) is 31.9 Å². The number of hydrogen-bond acceptors (Lipinski definition) is 4. The lowest BCUT2D eigenvalue weighted by Crippen LogP contribution is -2.62. The van der Waals surface area contributed by atoms with Crippen LogP contribution in [-0.4, -0.2) is 31.6 Å². The molecule has 0 aliphatic heterocycles. The molecule has 5 rings (SSSR count). The normalized spacial score (nSPS) is 30.8. The minimum absolute atomic E-state index is 0.0426. The first-order chi connectivity index (χ1) is 15.3. The van der Waals surface area contributed by atoms with Gasteiger partial charge in [0, 0.05) is 6.04 Å². The lowest BCUT2D eigenvalue weighted by Gasteiger charge is -2.58. The van der Waals surface area contributed by atoms with Gasteiger partial charge in [-0.2, -0.15) is 0 Å². The van der Waals surface area contributed by atoms with E-state index in [-0.39, 0.29) is 23.3 Å². The summed E-state index contributed by atoms with van der Waals surface area (Å²) in [6.07, 6.45) is 8.31. The highest BCUT2D eigenvalue weighted by molar-refractivity contribution is 5.87. The van der Waals surface area contributed by atoms with Crippen molar-refractivity contribution < 1.29 is 19.1 Å². The first-order valence-corrected chi connectivity index (χ1v) is 12.4. The molecule has 1 amide bonds. The number of esters is 1. The number of unbranched alkanes of at least 4 members (excludes halogenated alkanes) is 2. The molecule has 4 saturated carbocycles. The van der Waals surface area contributed by atoms with Crippen molar-refractivity contribution in [2.24, 2.45) is 23.2 Å². The second-order valence-corrected chi connectivity index (χ2v) is 10.9. The van der Waals surface area contributed by atoms with Gasteiger partial charge in [-0.25, -0.2) is 0 Å². The Hall–Kier alpha value is -2.04. The van der Waals surface area contributed by atoms with E-state index in [1.54, 1.807) is 0 Å². The Labute approximate surface area is 192 Å². The molecule has 4 fully saturated rings. The molecule has 32 heavy (non-hydrogen) atoms. The van der Waals surface area contributed by atoms with Gasteiger partial charge in [0.15, 0.2) is 0 Å². The monoisotopic (exact) mass is 441 g/mol. The van der Waals surface area contributed by atoms with Crippen LogP contribution in [0.15, 0.2) is 24.3 Å². The maximum Gasteiger partial charge on any atom is 0.311 e. The third-order valence-electron chi connectivity index (χ3n) is 8.35. The van der Waals surface area contributed by atoms with Gasteiger partial charge in [0.2, 0.25) is 5.91 Å². The Morgan fingerprint density at radius 2 is 1.72 bits per heavy atom. The highest BCUT2D eigenvalue weighted by Crippen LogP contribution is 2.60. The number of ether oxygens (including phenoxy) is 2. The van der Waals surface area contributed by atoms with Gasteiger partial charge < -0.3 is 14.8 Å². The summed E-state index contributed by atoms with van der Waals surface area (Å²) in [5.41, 5.74) is 0.0514. The molecule has 1 N–H and O–H groups in total. The molecule has 0 heterocycles. The van der Waals surface area contributed by atoms with E-state index in [1.165, 1.54) is 20.0 Å². The molecule has 0 saturated heterocycles. The number of carbonyl (C=O) groups is 2. The number of benzene rings is 1. The van der Waals surface area contributed by atoms with E-state index in [2.05, 4.69) is 12.2 Å². The molecule has 1 aromatic carbocycles. The van der Waals surface area contributed by atoms with Crippen LogP contribution in [0, 0.1) is 23.2 Å². The Morgan fingerprint density at radius 1 is 1.06 bits per heavy atom. The van der Waals surface area contributed by atoms with Crippen molar-refractivity contribution in [3.63, 3.8) is 0 Å². The molecule has 0 radical (unpaired) electrons. The zero-order valence-electron chi connectivity index (χ0n) is 20.1. The van der Waals surface area contributed by atoms with Crippen LogP contribution in [0.4, 0.5) is 0 Å². The average molecular weight is 442 g/mol. The van der Waals surface area contributed by atoms with Crippen LogP contribution in [0.5, 0.6) is 5.75 Å². The van der Waals surface area contributed by atoms with E-state index < -0.39 is 5.41 Å². The summed E-state index contributed by atoms with van der Waals surface area (Å²) in [5, 5.41) is 3.42. The smallest absolute Gasteiger partial charge is 0.311 e. The van der Waals surface area contributed by atoms with Crippen LogP contribution in [0.3, 0.4) is 0 Å². The fourth-order valence-electron chi connectivity index (χ4n) is 6.70. The Balaban J connectivity index is 1.40. The number of amides is 1. The van der Waals surface area contributed by atoms with Crippen LogP contribution >= 0.6 is 0 Å². The van der Waals surface area contributed by atoms with E-state index in [0.29, 0.717) is 17.8 Å². The zero-order chi connectivity index (χ0) is 22.9. The molecule has 4 bridgehead atoms. The molecule has 2 atom stereocenters. The fourth-order valence-corrected chi connectivity index (χ4v) is 6.70. The van der Waals surface area contributed by atoms with Crippen molar-refractivity contribution in [2.75, 3.05) is 13.7 Å². The molecule has 2 unspecified atom stereocenters. The predicted octanol–water partition coefficient (Wildman–Crippen LogP) is 5.02. The molecular weight excluding hydrogens is 402 g/mol. The molecule has 176 valence electrons. The summed E-state index contributed by atoms with van der Waals surface area (Å²) in [4.78, 5) is 26.0. The molecule has 0 aromatic heterocycles. The van der Waals surface area contributed by atoms with Gasteiger partial charge >= 0.3 is 5.97 Å². The third kappa shape index (κ3) is 4.27. The van der Waals surface area contributed by atoms with Crippen molar-refractivity contribution in [1.29, 1.82) is 0 Å². The van der Waals surface area contributed by atoms with E-state index in [0.717, 1.165) is 56.4 Å². The second-order valence-electron chi connectivity index (χ2n) is 10.9. The Morgan fingerprint density at radius 3 is 2.31 bits per heavy atom. The lowest BCUT2D eigenvalue weighted by molar-refractivity contribution is -0.171. The molecule has 0 spiro atoms. The number of nitrogens with one attached hydrogen (secondary N) is 1. The molecule has 5 heteroatoms. The second kappa shape index (κ2) is 9.07. The van der Waals surface area contributed by atoms with Gasteiger partial charge in [0.1, 0.15) is 5.75 Å². The van der Waals surface area contributed by atoms with Gasteiger partial charge in [-0.3, -0.25) is 9.59 Å². The van der Waals surface area contributed by atoms with Gasteiger partial charge in [0.05, 0.1) is 24.5 Å². The largest absolute Gasteiger partial charge is 0.494 e. The molecule has 1 aromatic rings. The topological polar surface area (TPSA) is 64.6 Å². The first kappa shape index (κ1) is 23.1. The Bertz CT molecular complexity index is 815. The van der Waals surface area contributed by atoms with Crippen molar-refractivity contribution in [2.45, 2.75) is 83.6 Å². The maximum absolute atomic E-state index is 13.4. The predicted molar refractivity (Wildman–Crippen MR) is 124 cm³/mol. The summed E-state index contributed by atoms with van der Waals surface area (Å²) in [6, 6.07) is 8.13. The minimum Gasteiger partial charge on any atom is -0.494 e.